The smallest absolute Gasteiger partial charge is 0.258 e. The second-order valence-corrected chi connectivity index (χ2v) is 8.08. The molecule has 1 aromatic rings. The molecule has 21 heavy (non-hydrogen) atoms. The molecule has 116 valence electrons. The van der Waals surface area contributed by atoms with Gasteiger partial charge in [0, 0.05) is 18.2 Å². The molecular weight excluding hydrogens is 299 g/mol. The quantitative estimate of drug-likeness (QED) is 0.682. The first-order chi connectivity index (χ1) is 9.41. The number of nitrogens with zero attached hydrogens (tertiary/aromatic N) is 1. The van der Waals surface area contributed by atoms with E-state index < -0.39 is 26.5 Å². The fourth-order valence-corrected chi connectivity index (χ4v) is 4.06. The maximum atomic E-state index is 13.6. The highest BCUT2D eigenvalue weighted by Gasteiger charge is 2.66. The maximum Gasteiger partial charge on any atom is 0.304 e. The minimum Gasteiger partial charge on any atom is -0.258 e. The lowest BCUT2D eigenvalue weighted by Crippen LogP contribution is -2.30. The van der Waals surface area contributed by atoms with E-state index in [1.54, 1.807) is 0 Å². The lowest BCUT2D eigenvalue weighted by molar-refractivity contribution is -0.387. The molecule has 1 N–H and O–H groups in total. The molecule has 8 heteroatoms. The highest BCUT2D eigenvalue weighted by molar-refractivity contribution is 7.89. The van der Waals surface area contributed by atoms with Gasteiger partial charge in [-0.3, -0.25) is 10.1 Å². The second kappa shape index (κ2) is 4.48. The van der Waals surface area contributed by atoms with Crippen molar-refractivity contribution in [3.63, 3.8) is 0 Å². The molecule has 6 nitrogen and oxygen atoms in total. The molecule has 0 unspecified atom stereocenters. The van der Waals surface area contributed by atoms with Crippen molar-refractivity contribution in [1.82, 2.24) is 4.72 Å². The first-order valence-electron chi connectivity index (χ1n) is 6.37. The largest absolute Gasteiger partial charge is 0.304 e. The van der Waals surface area contributed by atoms with Gasteiger partial charge < -0.3 is 0 Å². The Morgan fingerprint density at radius 2 is 1.76 bits per heavy atom. The predicted molar refractivity (Wildman–Crippen MR) is 74.7 cm³/mol. The van der Waals surface area contributed by atoms with Crippen LogP contribution in [0.2, 0.25) is 0 Å². The van der Waals surface area contributed by atoms with E-state index in [1.165, 1.54) is 0 Å². The second-order valence-electron chi connectivity index (χ2n) is 6.37. The highest BCUT2D eigenvalue weighted by Crippen LogP contribution is 2.62. The van der Waals surface area contributed by atoms with Crippen molar-refractivity contribution in [1.29, 1.82) is 0 Å². The zero-order chi connectivity index (χ0) is 16.2. The molecule has 1 saturated carbocycles. The number of hydrogen-bond donors (Lipinski definition) is 1. The first kappa shape index (κ1) is 15.8. The summed E-state index contributed by atoms with van der Waals surface area (Å²) in [6, 6.07) is 2.29. The van der Waals surface area contributed by atoms with Crippen LogP contribution >= 0.6 is 0 Å². The van der Waals surface area contributed by atoms with Gasteiger partial charge in [-0.2, -0.15) is 4.39 Å². The third kappa shape index (κ3) is 2.42. The summed E-state index contributed by atoms with van der Waals surface area (Å²) in [6.45, 7) is 7.76. The molecule has 0 aromatic heterocycles. The van der Waals surface area contributed by atoms with Gasteiger partial charge in [0.2, 0.25) is 15.8 Å². The monoisotopic (exact) mass is 316 g/mol. The van der Waals surface area contributed by atoms with Crippen LogP contribution < -0.4 is 4.72 Å². The Kier molecular flexibility index (Phi) is 3.38. The van der Waals surface area contributed by atoms with Gasteiger partial charge in [0.25, 0.3) is 0 Å². The molecule has 1 fully saturated rings. The summed E-state index contributed by atoms with van der Waals surface area (Å²) in [5, 5.41) is 10.5. The summed E-state index contributed by atoms with van der Waals surface area (Å²) in [4.78, 5) is 9.33. The average molecular weight is 316 g/mol. The normalized spacial score (nSPS) is 20.2. The molecular formula is C13H17FN2O4S. The summed E-state index contributed by atoms with van der Waals surface area (Å²) in [7, 11) is -3.92. The standard InChI is InChI=1S/C13H17FN2O4S/c1-12(2)11(13(12,3)4)15-21(19,20)8-5-6-10(16(17)18)9(14)7-8/h5-7,11,15H,1-4H3. The Bertz CT molecular complexity index is 699. The Hall–Kier alpha value is -1.54. The van der Waals surface area contributed by atoms with Gasteiger partial charge in [-0.25, -0.2) is 13.1 Å². The van der Waals surface area contributed by atoms with E-state index in [0.717, 1.165) is 12.1 Å². The SMILES string of the molecule is CC1(C)C(NS(=O)(=O)c2ccc([N+](=O)[O-])c(F)c2)C1(C)C. The molecule has 0 atom stereocenters. The number of benzene rings is 1. The van der Waals surface area contributed by atoms with Crippen LogP contribution in [0.5, 0.6) is 0 Å². The lowest BCUT2D eigenvalue weighted by atomic mass is 10.0. The van der Waals surface area contributed by atoms with Crippen LogP contribution in [0.4, 0.5) is 10.1 Å². The molecule has 0 radical (unpaired) electrons. The van der Waals surface area contributed by atoms with Crippen LogP contribution in [-0.2, 0) is 10.0 Å². The van der Waals surface area contributed by atoms with Crippen molar-refractivity contribution in [2.75, 3.05) is 0 Å². The van der Waals surface area contributed by atoms with Crippen LogP contribution in [-0.4, -0.2) is 19.4 Å². The first-order valence-corrected chi connectivity index (χ1v) is 7.86. The Labute approximate surface area is 122 Å². The number of nitro groups is 1. The van der Waals surface area contributed by atoms with Gasteiger partial charge in [-0.05, 0) is 16.9 Å². The highest BCUT2D eigenvalue weighted by atomic mass is 32.2. The lowest BCUT2D eigenvalue weighted by Gasteiger charge is -2.08. The summed E-state index contributed by atoms with van der Waals surface area (Å²) >= 11 is 0. The zero-order valence-corrected chi connectivity index (χ0v) is 13.0. The zero-order valence-electron chi connectivity index (χ0n) is 12.2. The van der Waals surface area contributed by atoms with Gasteiger partial charge in [0.05, 0.1) is 9.82 Å². The molecule has 1 aliphatic carbocycles. The van der Waals surface area contributed by atoms with Crippen LogP contribution in [0.3, 0.4) is 0 Å². The third-order valence-corrected chi connectivity index (χ3v) is 6.14. The van der Waals surface area contributed by atoms with Gasteiger partial charge in [0.15, 0.2) is 0 Å². The number of halogens is 1. The number of nitrogens with one attached hydrogen (secondary N) is 1. The third-order valence-electron chi connectivity index (χ3n) is 4.72. The van der Waals surface area contributed by atoms with Crippen LogP contribution in [0.1, 0.15) is 27.7 Å². The van der Waals surface area contributed by atoms with Crippen LogP contribution in [0, 0.1) is 26.8 Å². The van der Waals surface area contributed by atoms with Gasteiger partial charge >= 0.3 is 5.69 Å². The maximum absolute atomic E-state index is 13.6. The fourth-order valence-electron chi connectivity index (χ4n) is 2.52. The Balaban J connectivity index is 2.30. The van der Waals surface area contributed by atoms with Gasteiger partial charge in [-0.1, -0.05) is 27.7 Å². The molecule has 1 aliphatic rings. The molecule has 0 spiro atoms. The number of hydrogen-bond acceptors (Lipinski definition) is 4. The van der Waals surface area contributed by atoms with Crippen molar-refractivity contribution < 1.29 is 17.7 Å². The van der Waals surface area contributed by atoms with E-state index in [2.05, 4.69) is 4.72 Å². The van der Waals surface area contributed by atoms with E-state index in [1.807, 2.05) is 27.7 Å². The summed E-state index contributed by atoms with van der Waals surface area (Å²) < 4.78 is 40.6. The topological polar surface area (TPSA) is 89.3 Å². The molecule has 0 heterocycles. The molecule has 1 aromatic carbocycles. The summed E-state index contributed by atoms with van der Waals surface area (Å²) in [5.74, 6) is -1.17. The average Bonchev–Trinajstić information content (AvgIpc) is 2.70. The molecule has 0 bridgehead atoms. The number of nitro benzene ring substituents is 1. The molecule has 0 saturated heterocycles. The van der Waals surface area contributed by atoms with E-state index in [-0.39, 0.29) is 21.8 Å². The van der Waals surface area contributed by atoms with E-state index in [0.29, 0.717) is 6.07 Å². The van der Waals surface area contributed by atoms with E-state index >= 15 is 0 Å². The molecule has 0 amide bonds. The van der Waals surface area contributed by atoms with Gasteiger partial charge in [0.1, 0.15) is 0 Å². The van der Waals surface area contributed by atoms with Crippen LogP contribution in [0.25, 0.3) is 0 Å². The number of sulfonamides is 1. The summed E-state index contributed by atoms with van der Waals surface area (Å²) in [6.07, 6.45) is 0. The minimum atomic E-state index is -3.92. The minimum absolute atomic E-state index is 0.209. The van der Waals surface area contributed by atoms with Crippen molar-refractivity contribution in [3.8, 4) is 0 Å². The van der Waals surface area contributed by atoms with Crippen molar-refractivity contribution >= 4 is 15.7 Å². The fraction of sp³-hybridized carbons (Fsp3) is 0.538. The Morgan fingerprint density at radius 1 is 1.24 bits per heavy atom. The van der Waals surface area contributed by atoms with Gasteiger partial charge in [-0.15, -0.1) is 0 Å². The number of rotatable bonds is 4. The molecule has 2 rings (SSSR count). The molecule has 0 aliphatic heterocycles. The van der Waals surface area contributed by atoms with Crippen molar-refractivity contribution in [3.05, 3.63) is 34.1 Å². The Morgan fingerprint density at radius 3 is 2.14 bits per heavy atom. The van der Waals surface area contributed by atoms with Crippen LogP contribution in [0.15, 0.2) is 23.1 Å². The summed E-state index contributed by atoms with van der Waals surface area (Å²) in [5.41, 5.74) is -1.17. The van der Waals surface area contributed by atoms with Crippen molar-refractivity contribution in [2.24, 2.45) is 10.8 Å². The van der Waals surface area contributed by atoms with E-state index in [9.17, 15) is 22.9 Å². The van der Waals surface area contributed by atoms with Crippen molar-refractivity contribution in [2.45, 2.75) is 38.6 Å². The van der Waals surface area contributed by atoms with E-state index in [4.69, 9.17) is 0 Å². The predicted octanol–water partition coefficient (Wildman–Crippen LogP) is 2.45.